The Hall–Kier alpha value is -2.64. The quantitative estimate of drug-likeness (QED) is 0.523. The molecular weight excluding hydrogens is 258 g/mol. The zero-order valence-corrected chi connectivity index (χ0v) is 9.65. The molecule has 0 amide bonds. The Morgan fingerprint density at radius 2 is 1.74 bits per heavy atom. The molecule has 1 aromatic carbocycles. The van der Waals surface area contributed by atoms with Gasteiger partial charge < -0.3 is 15.3 Å². The number of phenolic OH excluding ortho intramolecular Hbond substituents is 1. The van der Waals surface area contributed by atoms with Gasteiger partial charge in [-0.15, -0.1) is 0 Å². The number of hydrogen-bond donors (Lipinski definition) is 3. The van der Waals surface area contributed by atoms with E-state index in [0.29, 0.717) is 0 Å². The van der Waals surface area contributed by atoms with Gasteiger partial charge in [0.2, 0.25) is 0 Å². The number of carboxylic acids is 2. The standard InChI is InChI=1S/C11H11NO7/c13-9-3-6(1-2-8(9)12(18)19)7(4-10(14)15)5-11(16)17/h1-3,7,13H,4-5H2,(H,14,15)(H,16,17). The first-order valence-corrected chi connectivity index (χ1v) is 5.22. The Morgan fingerprint density at radius 1 is 1.21 bits per heavy atom. The molecule has 0 heterocycles. The number of phenols is 1. The molecule has 0 saturated carbocycles. The van der Waals surface area contributed by atoms with Crippen LogP contribution in [0, 0.1) is 10.1 Å². The summed E-state index contributed by atoms with van der Waals surface area (Å²) in [5, 5.41) is 37.4. The van der Waals surface area contributed by atoms with Crippen LogP contribution in [0.3, 0.4) is 0 Å². The van der Waals surface area contributed by atoms with Gasteiger partial charge in [-0.3, -0.25) is 19.7 Å². The van der Waals surface area contributed by atoms with E-state index < -0.39 is 47.1 Å². The van der Waals surface area contributed by atoms with Crippen LogP contribution in [0.2, 0.25) is 0 Å². The summed E-state index contributed by atoms with van der Waals surface area (Å²) in [4.78, 5) is 31.0. The number of carboxylic acid groups (broad SMARTS) is 2. The average molecular weight is 269 g/mol. The summed E-state index contributed by atoms with van der Waals surface area (Å²) in [6.07, 6.45) is -0.882. The fourth-order valence-electron chi connectivity index (χ4n) is 1.68. The molecule has 0 spiro atoms. The highest BCUT2D eigenvalue weighted by Gasteiger charge is 2.22. The van der Waals surface area contributed by atoms with Crippen molar-refractivity contribution in [2.75, 3.05) is 0 Å². The Bertz CT molecular complexity index is 510. The van der Waals surface area contributed by atoms with Crippen molar-refractivity contribution in [3.63, 3.8) is 0 Å². The van der Waals surface area contributed by atoms with Gasteiger partial charge in [0, 0.05) is 12.0 Å². The predicted octanol–water partition coefficient (Wildman–Crippen LogP) is 1.33. The monoisotopic (exact) mass is 269 g/mol. The second-order valence-electron chi connectivity index (χ2n) is 3.90. The summed E-state index contributed by atoms with van der Waals surface area (Å²) in [7, 11) is 0. The molecule has 8 heteroatoms. The number of benzene rings is 1. The Balaban J connectivity index is 3.08. The maximum absolute atomic E-state index is 10.7. The number of carbonyl (C=O) groups is 2. The van der Waals surface area contributed by atoms with Crippen LogP contribution < -0.4 is 0 Å². The molecule has 0 radical (unpaired) electrons. The molecule has 19 heavy (non-hydrogen) atoms. The number of nitrogens with zero attached hydrogens (tertiary/aromatic N) is 1. The molecule has 0 aliphatic carbocycles. The van der Waals surface area contributed by atoms with E-state index in [1.165, 1.54) is 6.07 Å². The third-order valence-electron chi connectivity index (χ3n) is 2.51. The highest BCUT2D eigenvalue weighted by Crippen LogP contribution is 2.32. The van der Waals surface area contributed by atoms with Crippen LogP contribution in [-0.2, 0) is 9.59 Å². The third-order valence-corrected chi connectivity index (χ3v) is 2.51. The van der Waals surface area contributed by atoms with Crippen molar-refractivity contribution >= 4 is 17.6 Å². The zero-order chi connectivity index (χ0) is 14.6. The minimum Gasteiger partial charge on any atom is -0.502 e. The molecule has 0 atom stereocenters. The van der Waals surface area contributed by atoms with Gasteiger partial charge in [-0.25, -0.2) is 0 Å². The van der Waals surface area contributed by atoms with Gasteiger partial charge in [0.25, 0.3) is 0 Å². The molecule has 0 aliphatic rings. The summed E-state index contributed by atoms with van der Waals surface area (Å²) in [5.74, 6) is -3.86. The third kappa shape index (κ3) is 3.95. The van der Waals surface area contributed by atoms with Crippen molar-refractivity contribution in [2.24, 2.45) is 0 Å². The second-order valence-corrected chi connectivity index (χ2v) is 3.90. The lowest BCUT2D eigenvalue weighted by Crippen LogP contribution is -2.11. The van der Waals surface area contributed by atoms with Crippen molar-refractivity contribution < 1.29 is 29.8 Å². The molecule has 3 N–H and O–H groups in total. The molecule has 0 aliphatic heterocycles. The topological polar surface area (TPSA) is 138 Å². The molecule has 1 rings (SSSR count). The summed E-state index contributed by atoms with van der Waals surface area (Å²) in [5.41, 5.74) is -0.291. The highest BCUT2D eigenvalue weighted by molar-refractivity contribution is 5.72. The molecular formula is C11H11NO7. The predicted molar refractivity (Wildman–Crippen MR) is 62.0 cm³/mol. The largest absolute Gasteiger partial charge is 0.502 e. The van der Waals surface area contributed by atoms with Gasteiger partial charge in [-0.2, -0.15) is 0 Å². The Labute approximate surface area is 107 Å². The average Bonchev–Trinajstić information content (AvgIpc) is 2.26. The van der Waals surface area contributed by atoms with Crippen LogP contribution in [0.4, 0.5) is 5.69 Å². The zero-order valence-electron chi connectivity index (χ0n) is 9.65. The smallest absolute Gasteiger partial charge is 0.310 e. The summed E-state index contributed by atoms with van der Waals surface area (Å²) in [6, 6.07) is 3.28. The van der Waals surface area contributed by atoms with Gasteiger partial charge in [-0.05, 0) is 11.6 Å². The Kier molecular flexibility index (Phi) is 4.41. The SMILES string of the molecule is O=C(O)CC(CC(=O)O)c1ccc([N+](=O)[O-])c(O)c1. The van der Waals surface area contributed by atoms with Crippen molar-refractivity contribution in [3.05, 3.63) is 33.9 Å². The van der Waals surface area contributed by atoms with E-state index in [9.17, 15) is 24.8 Å². The van der Waals surface area contributed by atoms with E-state index in [1.54, 1.807) is 0 Å². The maximum Gasteiger partial charge on any atom is 0.310 e. The van der Waals surface area contributed by atoms with Gasteiger partial charge in [0.05, 0.1) is 17.8 Å². The fraction of sp³-hybridized carbons (Fsp3) is 0.273. The molecule has 0 unspecified atom stereocenters. The highest BCUT2D eigenvalue weighted by atomic mass is 16.6. The van der Waals surface area contributed by atoms with E-state index in [-0.39, 0.29) is 5.56 Å². The van der Waals surface area contributed by atoms with Crippen LogP contribution >= 0.6 is 0 Å². The summed E-state index contributed by atoms with van der Waals surface area (Å²) < 4.78 is 0. The van der Waals surface area contributed by atoms with Crippen molar-refractivity contribution in [1.82, 2.24) is 0 Å². The summed E-state index contributed by atoms with van der Waals surface area (Å²) >= 11 is 0. The number of aromatic hydroxyl groups is 1. The molecule has 0 bridgehead atoms. The van der Waals surface area contributed by atoms with E-state index in [2.05, 4.69) is 0 Å². The van der Waals surface area contributed by atoms with Gasteiger partial charge in [-0.1, -0.05) is 6.07 Å². The minimum atomic E-state index is -1.19. The van der Waals surface area contributed by atoms with Crippen LogP contribution in [0.5, 0.6) is 5.75 Å². The van der Waals surface area contributed by atoms with Crippen LogP contribution in [-0.4, -0.2) is 32.2 Å². The molecule has 1 aromatic rings. The lowest BCUT2D eigenvalue weighted by atomic mass is 9.92. The van der Waals surface area contributed by atoms with Crippen LogP contribution in [0.1, 0.15) is 24.3 Å². The van der Waals surface area contributed by atoms with E-state index >= 15 is 0 Å². The van der Waals surface area contributed by atoms with E-state index in [4.69, 9.17) is 10.2 Å². The van der Waals surface area contributed by atoms with Gasteiger partial charge in [0.15, 0.2) is 5.75 Å². The molecule has 0 saturated heterocycles. The normalized spacial score (nSPS) is 10.4. The fourth-order valence-corrected chi connectivity index (χ4v) is 1.68. The number of aliphatic carboxylic acids is 2. The summed E-state index contributed by atoms with van der Waals surface area (Å²) in [6.45, 7) is 0. The minimum absolute atomic E-state index is 0.230. The Morgan fingerprint density at radius 3 is 2.11 bits per heavy atom. The number of nitro benzene ring substituents is 1. The van der Waals surface area contributed by atoms with Gasteiger partial charge in [0.1, 0.15) is 0 Å². The number of nitro groups is 1. The maximum atomic E-state index is 10.7. The molecule has 8 nitrogen and oxygen atoms in total. The lowest BCUT2D eigenvalue weighted by molar-refractivity contribution is -0.385. The van der Waals surface area contributed by atoms with Crippen LogP contribution in [0.15, 0.2) is 18.2 Å². The first kappa shape index (κ1) is 14.4. The van der Waals surface area contributed by atoms with Crippen molar-refractivity contribution in [3.8, 4) is 5.75 Å². The second kappa shape index (κ2) is 5.80. The first-order chi connectivity index (χ1) is 8.81. The number of rotatable bonds is 6. The lowest BCUT2D eigenvalue weighted by Gasteiger charge is -2.13. The van der Waals surface area contributed by atoms with E-state index in [0.717, 1.165) is 12.1 Å². The number of hydrogen-bond acceptors (Lipinski definition) is 5. The van der Waals surface area contributed by atoms with Crippen molar-refractivity contribution in [1.29, 1.82) is 0 Å². The van der Waals surface area contributed by atoms with Crippen molar-refractivity contribution in [2.45, 2.75) is 18.8 Å². The van der Waals surface area contributed by atoms with Gasteiger partial charge >= 0.3 is 17.6 Å². The molecule has 0 aromatic heterocycles. The molecule has 0 fully saturated rings. The molecule has 102 valence electrons. The van der Waals surface area contributed by atoms with E-state index in [1.807, 2.05) is 0 Å². The first-order valence-electron chi connectivity index (χ1n) is 5.22. The van der Waals surface area contributed by atoms with Crippen LogP contribution in [0.25, 0.3) is 0 Å².